The van der Waals surface area contributed by atoms with Crippen molar-refractivity contribution in [3.05, 3.63) is 68.9 Å². The van der Waals surface area contributed by atoms with Crippen LogP contribution in [0.2, 0.25) is 0 Å². The van der Waals surface area contributed by atoms with Gasteiger partial charge in [0.05, 0.1) is 18.1 Å². The fraction of sp³-hybridized carbons (Fsp3) is 0.304. The molecule has 8 nitrogen and oxygen atoms in total. The number of esters is 1. The Bertz CT molecular complexity index is 1060. The number of rotatable bonds is 9. The summed E-state index contributed by atoms with van der Waals surface area (Å²) in [6.07, 6.45) is 3.58. The second kappa shape index (κ2) is 9.88. The highest BCUT2D eigenvalue weighted by Crippen LogP contribution is 2.30. The Hall–Kier alpha value is -3.68. The van der Waals surface area contributed by atoms with Crippen LogP contribution in [0.5, 0.6) is 11.5 Å². The molecular formula is C23H24N2O6. The lowest BCUT2D eigenvalue weighted by atomic mass is 10.1. The first kappa shape index (κ1) is 22.0. The molecule has 1 aliphatic heterocycles. The maximum Gasteiger partial charge on any atom is 0.363 e. The maximum absolute atomic E-state index is 12.3. The van der Waals surface area contributed by atoms with Gasteiger partial charge in [-0.05, 0) is 56.2 Å². The number of carbonyl (C=O) groups excluding carboxylic acids is 1. The van der Waals surface area contributed by atoms with Gasteiger partial charge in [0.25, 0.3) is 5.69 Å². The molecule has 0 atom stereocenters. The van der Waals surface area contributed by atoms with Crippen molar-refractivity contribution in [2.45, 2.75) is 33.6 Å². The number of unbranched alkanes of at least 4 members (excludes halogenated alkanes) is 1. The van der Waals surface area contributed by atoms with E-state index in [1.807, 2.05) is 13.0 Å². The molecule has 0 bridgehead atoms. The fourth-order valence-corrected chi connectivity index (χ4v) is 3.01. The molecule has 1 aliphatic rings. The Morgan fingerprint density at radius 2 is 1.94 bits per heavy atom. The van der Waals surface area contributed by atoms with Gasteiger partial charge in [0.2, 0.25) is 5.90 Å². The van der Waals surface area contributed by atoms with E-state index in [-0.39, 0.29) is 17.3 Å². The number of nitro benzene ring substituents is 1. The third-order valence-electron chi connectivity index (χ3n) is 4.59. The monoisotopic (exact) mass is 424 g/mol. The van der Waals surface area contributed by atoms with Crippen LogP contribution in [0.25, 0.3) is 6.08 Å². The van der Waals surface area contributed by atoms with Crippen LogP contribution in [-0.2, 0) is 9.53 Å². The van der Waals surface area contributed by atoms with Crippen molar-refractivity contribution in [2.75, 3.05) is 13.2 Å². The normalized spacial score (nSPS) is 14.4. The van der Waals surface area contributed by atoms with E-state index in [1.165, 1.54) is 12.1 Å². The third-order valence-corrected chi connectivity index (χ3v) is 4.59. The third kappa shape index (κ3) is 5.28. The van der Waals surface area contributed by atoms with Crippen LogP contribution in [-0.4, -0.2) is 30.0 Å². The average molecular weight is 424 g/mol. The molecule has 2 aromatic carbocycles. The number of hydrogen-bond acceptors (Lipinski definition) is 7. The molecule has 0 radical (unpaired) electrons. The van der Waals surface area contributed by atoms with E-state index in [0.717, 1.165) is 12.8 Å². The number of hydrogen-bond donors (Lipinski definition) is 0. The highest BCUT2D eigenvalue weighted by atomic mass is 16.6. The molecule has 0 unspecified atom stereocenters. The van der Waals surface area contributed by atoms with Gasteiger partial charge in [-0.2, -0.15) is 0 Å². The van der Waals surface area contributed by atoms with Gasteiger partial charge in [0.1, 0.15) is 0 Å². The zero-order valence-corrected chi connectivity index (χ0v) is 17.7. The van der Waals surface area contributed by atoms with Crippen molar-refractivity contribution in [3.63, 3.8) is 0 Å². The minimum Gasteiger partial charge on any atom is -0.490 e. The van der Waals surface area contributed by atoms with Crippen LogP contribution in [0, 0.1) is 17.0 Å². The van der Waals surface area contributed by atoms with Gasteiger partial charge in [-0.15, -0.1) is 0 Å². The quantitative estimate of drug-likeness (QED) is 0.188. The van der Waals surface area contributed by atoms with Crippen LogP contribution >= 0.6 is 0 Å². The van der Waals surface area contributed by atoms with Crippen molar-refractivity contribution in [1.29, 1.82) is 0 Å². The van der Waals surface area contributed by atoms with Crippen molar-refractivity contribution in [2.24, 2.45) is 4.99 Å². The molecule has 8 heteroatoms. The molecule has 0 saturated heterocycles. The summed E-state index contributed by atoms with van der Waals surface area (Å²) in [4.78, 5) is 27.1. The summed E-state index contributed by atoms with van der Waals surface area (Å²) in [6.45, 7) is 6.68. The summed E-state index contributed by atoms with van der Waals surface area (Å²) >= 11 is 0. The molecule has 0 saturated carbocycles. The number of carbonyl (C=O) groups is 1. The van der Waals surface area contributed by atoms with E-state index in [4.69, 9.17) is 14.2 Å². The smallest absolute Gasteiger partial charge is 0.363 e. The maximum atomic E-state index is 12.3. The van der Waals surface area contributed by atoms with E-state index in [0.29, 0.717) is 41.4 Å². The Morgan fingerprint density at radius 1 is 1.13 bits per heavy atom. The molecule has 0 spiro atoms. The van der Waals surface area contributed by atoms with E-state index >= 15 is 0 Å². The van der Waals surface area contributed by atoms with Gasteiger partial charge in [-0.25, -0.2) is 9.79 Å². The lowest BCUT2D eigenvalue weighted by molar-refractivity contribution is -0.385. The van der Waals surface area contributed by atoms with E-state index in [2.05, 4.69) is 11.9 Å². The minimum atomic E-state index is -0.591. The molecule has 31 heavy (non-hydrogen) atoms. The first-order valence-electron chi connectivity index (χ1n) is 10.1. The second-order valence-corrected chi connectivity index (χ2v) is 6.94. The van der Waals surface area contributed by atoms with Crippen molar-refractivity contribution in [1.82, 2.24) is 0 Å². The van der Waals surface area contributed by atoms with Crippen LogP contribution in [0.1, 0.15) is 43.4 Å². The summed E-state index contributed by atoms with van der Waals surface area (Å²) in [5.74, 6) is 0.762. The molecule has 2 aromatic rings. The van der Waals surface area contributed by atoms with E-state index in [1.54, 1.807) is 31.2 Å². The summed E-state index contributed by atoms with van der Waals surface area (Å²) in [7, 11) is 0. The molecule has 0 fully saturated rings. The molecule has 3 rings (SSSR count). The van der Waals surface area contributed by atoms with Crippen molar-refractivity contribution in [3.8, 4) is 11.5 Å². The second-order valence-electron chi connectivity index (χ2n) is 6.94. The predicted octanol–water partition coefficient (Wildman–Crippen LogP) is 4.83. The topological polar surface area (TPSA) is 100 Å². The molecule has 0 amide bonds. The first-order chi connectivity index (χ1) is 14.9. The molecule has 1 heterocycles. The minimum absolute atomic E-state index is 0.00543. The van der Waals surface area contributed by atoms with Gasteiger partial charge >= 0.3 is 5.97 Å². The number of cyclic esters (lactones) is 1. The first-order valence-corrected chi connectivity index (χ1v) is 10.1. The molecule has 0 aromatic heterocycles. The molecule has 0 N–H and O–H groups in total. The highest BCUT2D eigenvalue weighted by Gasteiger charge is 2.25. The number of benzene rings is 2. The van der Waals surface area contributed by atoms with Gasteiger partial charge < -0.3 is 14.2 Å². The van der Waals surface area contributed by atoms with Gasteiger partial charge in [0, 0.05) is 17.2 Å². The van der Waals surface area contributed by atoms with Crippen LogP contribution in [0.15, 0.2) is 47.1 Å². The summed E-state index contributed by atoms with van der Waals surface area (Å²) in [6, 6.07) is 9.85. The Kier molecular flexibility index (Phi) is 7.02. The lowest BCUT2D eigenvalue weighted by Crippen LogP contribution is -2.06. The van der Waals surface area contributed by atoms with Gasteiger partial charge in [-0.1, -0.05) is 19.4 Å². The van der Waals surface area contributed by atoms with Gasteiger partial charge in [0.15, 0.2) is 17.2 Å². The number of nitrogens with zero attached hydrogens (tertiary/aromatic N) is 2. The summed E-state index contributed by atoms with van der Waals surface area (Å²) < 4.78 is 16.7. The fourth-order valence-electron chi connectivity index (χ4n) is 3.01. The van der Waals surface area contributed by atoms with E-state index in [9.17, 15) is 14.9 Å². The number of aryl methyl sites for hydroxylation is 1. The van der Waals surface area contributed by atoms with Crippen LogP contribution in [0.3, 0.4) is 0 Å². The van der Waals surface area contributed by atoms with Crippen molar-refractivity contribution < 1.29 is 23.9 Å². The van der Waals surface area contributed by atoms with Crippen LogP contribution in [0.4, 0.5) is 5.69 Å². The largest absolute Gasteiger partial charge is 0.490 e. The van der Waals surface area contributed by atoms with Crippen molar-refractivity contribution >= 4 is 23.6 Å². The standard InChI is InChI=1S/C23H24N2O6/c1-4-6-11-30-20-10-7-16(14-21(20)29-5-2)13-18-23(26)31-22(24-18)17-8-9-19(25(27)28)15(3)12-17/h7-10,12-14H,4-6,11H2,1-3H3/b18-13-. The summed E-state index contributed by atoms with van der Waals surface area (Å²) in [5, 5.41) is 11.0. The Labute approximate surface area is 180 Å². The zero-order valence-electron chi connectivity index (χ0n) is 17.7. The number of ether oxygens (including phenoxy) is 3. The SMILES string of the molecule is CCCCOc1ccc(/C=C2\N=C(c3ccc([N+](=O)[O-])c(C)c3)OC2=O)cc1OCC. The highest BCUT2D eigenvalue weighted by molar-refractivity contribution is 6.13. The Morgan fingerprint density at radius 3 is 2.61 bits per heavy atom. The Balaban J connectivity index is 1.86. The van der Waals surface area contributed by atoms with Gasteiger partial charge in [-0.3, -0.25) is 10.1 Å². The van der Waals surface area contributed by atoms with Crippen LogP contribution < -0.4 is 9.47 Å². The van der Waals surface area contributed by atoms with E-state index < -0.39 is 10.9 Å². The zero-order chi connectivity index (χ0) is 22.4. The predicted molar refractivity (Wildman–Crippen MR) is 116 cm³/mol. The lowest BCUT2D eigenvalue weighted by Gasteiger charge is -2.12. The molecule has 0 aliphatic carbocycles. The summed E-state index contributed by atoms with van der Waals surface area (Å²) in [5.41, 5.74) is 1.79. The molecule has 162 valence electrons. The number of nitro groups is 1. The number of aliphatic imine (C=N–C) groups is 1. The average Bonchev–Trinajstić information content (AvgIpc) is 3.10. The molecular weight excluding hydrogens is 400 g/mol.